The van der Waals surface area contributed by atoms with Crippen LogP contribution in [0.1, 0.15) is 25.3 Å². The summed E-state index contributed by atoms with van der Waals surface area (Å²) in [5.74, 6) is -0.424. The lowest BCUT2D eigenvalue weighted by Gasteiger charge is -2.08. The second-order valence-corrected chi connectivity index (χ2v) is 3.80. The molecule has 0 atom stereocenters. The molecule has 0 aliphatic carbocycles. The number of unbranched alkanes of at least 4 members (excludes halogenated alkanes) is 1. The first-order chi connectivity index (χ1) is 8.67. The number of ether oxygens (including phenoxy) is 1. The Morgan fingerprint density at radius 1 is 1.56 bits per heavy atom. The van der Waals surface area contributed by atoms with E-state index in [2.05, 4.69) is 5.32 Å². The van der Waals surface area contributed by atoms with Crippen molar-refractivity contribution in [3.8, 4) is 11.8 Å². The van der Waals surface area contributed by atoms with Gasteiger partial charge in [0.25, 0.3) is 0 Å². The van der Waals surface area contributed by atoms with Crippen LogP contribution >= 0.6 is 0 Å². The molecule has 5 nitrogen and oxygen atoms in total. The molecule has 0 radical (unpaired) electrons. The molecular weight excluding hydrogens is 232 g/mol. The Hall–Kier alpha value is -2.06. The van der Waals surface area contributed by atoms with E-state index in [1.165, 1.54) is 18.2 Å². The summed E-state index contributed by atoms with van der Waals surface area (Å²) in [5.41, 5.74) is 0.591. The third-order valence-electron chi connectivity index (χ3n) is 2.28. The molecule has 0 saturated heterocycles. The van der Waals surface area contributed by atoms with Crippen LogP contribution in [0.3, 0.4) is 0 Å². The lowest BCUT2D eigenvalue weighted by atomic mass is 10.2. The average Bonchev–Trinajstić information content (AvgIpc) is 2.37. The summed E-state index contributed by atoms with van der Waals surface area (Å²) in [7, 11) is 0. The second kappa shape index (κ2) is 7.30. The van der Waals surface area contributed by atoms with Crippen LogP contribution in [-0.2, 0) is 9.53 Å². The highest BCUT2D eigenvalue weighted by molar-refractivity contribution is 5.93. The molecule has 0 saturated carbocycles. The number of anilines is 1. The number of phenols is 1. The van der Waals surface area contributed by atoms with Crippen LogP contribution in [0.5, 0.6) is 5.75 Å². The van der Waals surface area contributed by atoms with Crippen molar-refractivity contribution in [2.75, 3.05) is 18.5 Å². The fourth-order valence-corrected chi connectivity index (χ4v) is 1.30. The summed E-state index contributed by atoms with van der Waals surface area (Å²) >= 11 is 0. The number of nitrogens with one attached hydrogen (secondary N) is 1. The zero-order valence-corrected chi connectivity index (χ0v) is 10.3. The van der Waals surface area contributed by atoms with Gasteiger partial charge < -0.3 is 15.2 Å². The van der Waals surface area contributed by atoms with Crippen LogP contribution in [0.15, 0.2) is 18.2 Å². The van der Waals surface area contributed by atoms with E-state index < -0.39 is 0 Å². The Bertz CT molecular complexity index is 452. The van der Waals surface area contributed by atoms with Gasteiger partial charge in [0.2, 0.25) is 5.91 Å². The number of benzene rings is 1. The second-order valence-electron chi connectivity index (χ2n) is 3.80. The van der Waals surface area contributed by atoms with Gasteiger partial charge in [-0.3, -0.25) is 4.79 Å². The predicted molar refractivity (Wildman–Crippen MR) is 67.2 cm³/mol. The van der Waals surface area contributed by atoms with Gasteiger partial charge >= 0.3 is 0 Å². The maximum absolute atomic E-state index is 11.5. The zero-order valence-electron chi connectivity index (χ0n) is 10.3. The molecule has 96 valence electrons. The van der Waals surface area contributed by atoms with Gasteiger partial charge in [0.15, 0.2) is 0 Å². The number of carbonyl (C=O) groups excluding carboxylic acids is 1. The minimum absolute atomic E-state index is 0.0593. The number of hydrogen-bond donors (Lipinski definition) is 2. The Balaban J connectivity index is 2.51. The minimum atomic E-state index is -0.350. The van der Waals surface area contributed by atoms with E-state index in [0.717, 1.165) is 12.8 Å². The van der Waals surface area contributed by atoms with Gasteiger partial charge in [-0.1, -0.05) is 13.3 Å². The predicted octanol–water partition coefficient (Wildman–Crippen LogP) is 2.02. The third-order valence-corrected chi connectivity index (χ3v) is 2.28. The van der Waals surface area contributed by atoms with Crippen molar-refractivity contribution in [3.63, 3.8) is 0 Å². The molecule has 0 unspecified atom stereocenters. The van der Waals surface area contributed by atoms with E-state index in [9.17, 15) is 9.90 Å². The number of rotatable bonds is 6. The quantitative estimate of drug-likeness (QED) is 0.596. The molecular formula is C13H16N2O3. The Morgan fingerprint density at radius 3 is 3.00 bits per heavy atom. The van der Waals surface area contributed by atoms with E-state index in [4.69, 9.17) is 10.00 Å². The van der Waals surface area contributed by atoms with Crippen molar-refractivity contribution in [3.05, 3.63) is 23.8 Å². The number of carbonyl (C=O) groups is 1. The van der Waals surface area contributed by atoms with Gasteiger partial charge in [-0.15, -0.1) is 0 Å². The van der Waals surface area contributed by atoms with Crippen molar-refractivity contribution in [2.24, 2.45) is 0 Å². The molecule has 0 fully saturated rings. The molecule has 0 aromatic heterocycles. The monoisotopic (exact) mass is 248 g/mol. The number of hydrogen-bond acceptors (Lipinski definition) is 4. The number of phenolic OH excluding ortho intramolecular Hbond substituents is 1. The highest BCUT2D eigenvalue weighted by Crippen LogP contribution is 2.23. The van der Waals surface area contributed by atoms with Crippen molar-refractivity contribution >= 4 is 11.6 Å². The van der Waals surface area contributed by atoms with Crippen molar-refractivity contribution in [2.45, 2.75) is 19.8 Å². The SMILES string of the molecule is CCCCOCC(=O)Nc1cc(C#N)ccc1O. The van der Waals surface area contributed by atoms with Crippen molar-refractivity contribution < 1.29 is 14.6 Å². The van der Waals surface area contributed by atoms with Crippen molar-refractivity contribution in [1.82, 2.24) is 0 Å². The molecule has 18 heavy (non-hydrogen) atoms. The molecule has 1 aromatic carbocycles. The van der Waals surface area contributed by atoms with E-state index in [1.807, 2.05) is 13.0 Å². The number of aromatic hydroxyl groups is 1. The lowest BCUT2D eigenvalue weighted by Crippen LogP contribution is -2.18. The molecule has 1 amide bonds. The summed E-state index contributed by atoms with van der Waals surface area (Å²) < 4.78 is 5.15. The molecule has 1 rings (SSSR count). The fraction of sp³-hybridized carbons (Fsp3) is 0.385. The van der Waals surface area contributed by atoms with Crippen LogP contribution in [0.4, 0.5) is 5.69 Å². The minimum Gasteiger partial charge on any atom is -0.506 e. The van der Waals surface area contributed by atoms with Crippen LogP contribution in [0, 0.1) is 11.3 Å². The van der Waals surface area contributed by atoms with Crippen molar-refractivity contribution in [1.29, 1.82) is 5.26 Å². The highest BCUT2D eigenvalue weighted by atomic mass is 16.5. The first kappa shape index (κ1) is 14.0. The van der Waals surface area contributed by atoms with Gasteiger partial charge in [-0.2, -0.15) is 5.26 Å². The molecule has 0 spiro atoms. The topological polar surface area (TPSA) is 82.3 Å². The summed E-state index contributed by atoms with van der Waals surface area (Å²) in [6, 6.07) is 6.19. The fourth-order valence-electron chi connectivity index (χ4n) is 1.30. The first-order valence-corrected chi connectivity index (χ1v) is 5.78. The summed E-state index contributed by atoms with van der Waals surface area (Å²) in [6.45, 7) is 2.51. The number of nitriles is 1. The molecule has 0 aliphatic heterocycles. The van der Waals surface area contributed by atoms with Crippen LogP contribution in [0.2, 0.25) is 0 Å². The highest BCUT2D eigenvalue weighted by Gasteiger charge is 2.07. The smallest absolute Gasteiger partial charge is 0.250 e. The Kier molecular flexibility index (Phi) is 5.68. The molecule has 0 aliphatic rings. The van der Waals surface area contributed by atoms with Gasteiger partial charge in [0.05, 0.1) is 17.3 Å². The molecule has 0 bridgehead atoms. The van der Waals surface area contributed by atoms with E-state index in [-0.39, 0.29) is 24.0 Å². The Morgan fingerprint density at radius 2 is 2.33 bits per heavy atom. The number of amides is 1. The normalized spacial score (nSPS) is 9.78. The third kappa shape index (κ3) is 4.44. The van der Waals surface area contributed by atoms with E-state index in [1.54, 1.807) is 0 Å². The summed E-state index contributed by atoms with van der Waals surface area (Å²) in [4.78, 5) is 11.5. The Labute approximate surface area is 106 Å². The van der Waals surface area contributed by atoms with Gasteiger partial charge in [-0.25, -0.2) is 0 Å². The molecule has 5 heteroatoms. The largest absolute Gasteiger partial charge is 0.506 e. The maximum atomic E-state index is 11.5. The van der Waals surface area contributed by atoms with Crippen LogP contribution in [0.25, 0.3) is 0 Å². The average molecular weight is 248 g/mol. The molecule has 1 aromatic rings. The number of nitrogens with zero attached hydrogens (tertiary/aromatic N) is 1. The van der Waals surface area contributed by atoms with E-state index >= 15 is 0 Å². The van der Waals surface area contributed by atoms with Gasteiger partial charge in [-0.05, 0) is 24.6 Å². The molecule has 2 N–H and O–H groups in total. The standard InChI is InChI=1S/C13H16N2O3/c1-2-3-6-18-9-13(17)15-11-7-10(8-14)4-5-12(11)16/h4-5,7,16H,2-3,6,9H2,1H3,(H,15,17). The van der Waals surface area contributed by atoms with Crippen LogP contribution in [-0.4, -0.2) is 24.2 Å². The summed E-state index contributed by atoms with van der Waals surface area (Å²) in [5, 5.41) is 20.7. The maximum Gasteiger partial charge on any atom is 0.250 e. The van der Waals surface area contributed by atoms with Crippen LogP contribution < -0.4 is 5.32 Å². The first-order valence-electron chi connectivity index (χ1n) is 5.78. The zero-order chi connectivity index (χ0) is 13.4. The van der Waals surface area contributed by atoms with Gasteiger partial charge in [0.1, 0.15) is 12.4 Å². The lowest BCUT2D eigenvalue weighted by molar-refractivity contribution is -0.120. The molecule has 0 heterocycles. The van der Waals surface area contributed by atoms with Gasteiger partial charge in [0, 0.05) is 6.61 Å². The summed E-state index contributed by atoms with van der Waals surface area (Å²) in [6.07, 6.45) is 1.91. The van der Waals surface area contributed by atoms with E-state index in [0.29, 0.717) is 12.2 Å².